The number of carbonyl (C=O) groups excluding carboxylic acids is 2. The minimum Gasteiger partial charge on any atom is -0.497 e. The summed E-state index contributed by atoms with van der Waals surface area (Å²) in [6, 6.07) is 10.4. The van der Waals surface area contributed by atoms with Crippen molar-refractivity contribution < 1.29 is 19.1 Å². The lowest BCUT2D eigenvalue weighted by molar-refractivity contribution is -0.129. The number of fused-ring (bicyclic) bond motifs is 1. The van der Waals surface area contributed by atoms with Crippen molar-refractivity contribution in [1.82, 2.24) is 9.88 Å². The van der Waals surface area contributed by atoms with Crippen molar-refractivity contribution in [3.8, 4) is 11.5 Å². The Morgan fingerprint density at radius 3 is 2.65 bits per heavy atom. The van der Waals surface area contributed by atoms with Crippen molar-refractivity contribution in [1.29, 1.82) is 0 Å². The number of aryl methyl sites for hydroxylation is 1. The molecule has 3 amide bonds. The number of ether oxygens (including phenoxy) is 2. The quantitative estimate of drug-likeness (QED) is 0.582. The molecule has 160 valence electrons. The van der Waals surface area contributed by atoms with Crippen LogP contribution in [0.3, 0.4) is 0 Å². The van der Waals surface area contributed by atoms with Crippen LogP contribution >= 0.6 is 11.6 Å². The summed E-state index contributed by atoms with van der Waals surface area (Å²) >= 11 is 6.26. The summed E-state index contributed by atoms with van der Waals surface area (Å²) in [5.74, 6) is 0.955. The standard InChI is InChI=1S/C23H22ClN3O4/c1-14-18-10-16(12-25-20(18)7-6-19(14)24)26-9-8-22(28)27(23(26)29)13-15-4-5-17(30-2)11-21(15)31-3/h4-7,10-12H,8-9,13H2,1-3H3. The van der Waals surface area contributed by atoms with Gasteiger partial charge in [0.2, 0.25) is 5.91 Å². The highest BCUT2D eigenvalue weighted by molar-refractivity contribution is 6.32. The molecule has 0 atom stereocenters. The number of anilines is 1. The Morgan fingerprint density at radius 1 is 1.10 bits per heavy atom. The Morgan fingerprint density at radius 2 is 1.90 bits per heavy atom. The molecule has 1 fully saturated rings. The van der Waals surface area contributed by atoms with E-state index < -0.39 is 6.03 Å². The third kappa shape index (κ3) is 3.88. The molecule has 4 rings (SSSR count). The number of hydrogen-bond donors (Lipinski definition) is 0. The fourth-order valence-corrected chi connectivity index (χ4v) is 3.85. The SMILES string of the molecule is COc1ccc(CN2C(=O)CCN(c3cnc4ccc(Cl)c(C)c4c3)C2=O)c(OC)c1. The first-order valence-electron chi connectivity index (χ1n) is 9.80. The molecule has 0 radical (unpaired) electrons. The van der Waals surface area contributed by atoms with Gasteiger partial charge in [-0.15, -0.1) is 0 Å². The van der Waals surface area contributed by atoms with Gasteiger partial charge in [-0.25, -0.2) is 4.79 Å². The molecular weight excluding hydrogens is 418 g/mol. The molecule has 0 saturated carbocycles. The van der Waals surface area contributed by atoms with Crippen LogP contribution in [0.4, 0.5) is 10.5 Å². The molecule has 0 aliphatic carbocycles. The van der Waals surface area contributed by atoms with Gasteiger partial charge in [-0.3, -0.25) is 19.6 Å². The summed E-state index contributed by atoms with van der Waals surface area (Å²) in [5.41, 5.74) is 3.04. The minimum absolute atomic E-state index is 0.104. The average molecular weight is 440 g/mol. The van der Waals surface area contributed by atoms with Gasteiger partial charge in [0.15, 0.2) is 0 Å². The third-order valence-corrected chi connectivity index (χ3v) is 5.91. The molecule has 31 heavy (non-hydrogen) atoms. The summed E-state index contributed by atoms with van der Waals surface area (Å²) < 4.78 is 10.6. The predicted molar refractivity (Wildman–Crippen MR) is 119 cm³/mol. The van der Waals surface area contributed by atoms with Crippen molar-refractivity contribution in [3.63, 3.8) is 0 Å². The highest BCUT2D eigenvalue weighted by atomic mass is 35.5. The Kier molecular flexibility index (Phi) is 5.69. The topological polar surface area (TPSA) is 72.0 Å². The van der Waals surface area contributed by atoms with Crippen LogP contribution in [0.25, 0.3) is 10.9 Å². The zero-order valence-corrected chi connectivity index (χ0v) is 18.3. The van der Waals surface area contributed by atoms with Gasteiger partial charge in [-0.05, 0) is 42.8 Å². The molecule has 0 N–H and O–H groups in total. The van der Waals surface area contributed by atoms with Crippen LogP contribution in [0.15, 0.2) is 42.6 Å². The highest BCUT2D eigenvalue weighted by Gasteiger charge is 2.33. The number of methoxy groups -OCH3 is 2. The molecule has 1 aromatic heterocycles. The van der Waals surface area contributed by atoms with Crippen molar-refractivity contribution in [2.75, 3.05) is 25.7 Å². The van der Waals surface area contributed by atoms with Gasteiger partial charge < -0.3 is 9.47 Å². The number of pyridine rings is 1. The van der Waals surface area contributed by atoms with E-state index in [2.05, 4.69) is 4.98 Å². The zero-order chi connectivity index (χ0) is 22.1. The number of rotatable bonds is 5. The first-order valence-corrected chi connectivity index (χ1v) is 10.2. The van der Waals surface area contributed by atoms with E-state index >= 15 is 0 Å². The molecule has 8 heteroatoms. The van der Waals surface area contributed by atoms with E-state index in [0.29, 0.717) is 34.3 Å². The van der Waals surface area contributed by atoms with Crippen LogP contribution in [0.2, 0.25) is 5.02 Å². The van der Waals surface area contributed by atoms with E-state index in [0.717, 1.165) is 16.5 Å². The van der Waals surface area contributed by atoms with Crippen molar-refractivity contribution in [2.24, 2.45) is 0 Å². The number of amides is 3. The van der Waals surface area contributed by atoms with Gasteiger partial charge in [-0.2, -0.15) is 0 Å². The van der Waals surface area contributed by atoms with Crippen molar-refractivity contribution in [3.05, 3.63) is 58.7 Å². The van der Waals surface area contributed by atoms with Gasteiger partial charge in [-0.1, -0.05) is 11.6 Å². The number of hydrogen-bond acceptors (Lipinski definition) is 5. The first kappa shape index (κ1) is 20.9. The number of nitrogens with zero attached hydrogens (tertiary/aromatic N) is 3. The van der Waals surface area contributed by atoms with Gasteiger partial charge in [0.05, 0.1) is 38.2 Å². The van der Waals surface area contributed by atoms with Crippen LogP contribution in [-0.4, -0.2) is 42.6 Å². The second-order valence-electron chi connectivity index (χ2n) is 7.27. The Bertz CT molecular complexity index is 1180. The monoisotopic (exact) mass is 439 g/mol. The van der Waals surface area contributed by atoms with E-state index in [1.165, 1.54) is 4.90 Å². The Hall–Kier alpha value is -3.32. The van der Waals surface area contributed by atoms with Gasteiger partial charge in [0, 0.05) is 35.0 Å². The number of urea groups is 1. The molecule has 0 spiro atoms. The lowest BCUT2D eigenvalue weighted by Crippen LogP contribution is -2.52. The van der Waals surface area contributed by atoms with Crippen LogP contribution < -0.4 is 14.4 Å². The first-order chi connectivity index (χ1) is 14.9. The van der Waals surface area contributed by atoms with Crippen molar-refractivity contribution >= 4 is 40.1 Å². The molecular formula is C23H22ClN3O4. The molecule has 2 heterocycles. The zero-order valence-electron chi connectivity index (χ0n) is 17.5. The maximum Gasteiger partial charge on any atom is 0.331 e. The largest absolute Gasteiger partial charge is 0.497 e. The lowest BCUT2D eigenvalue weighted by Gasteiger charge is -2.34. The highest BCUT2D eigenvalue weighted by Crippen LogP contribution is 2.31. The molecule has 3 aromatic rings. The van der Waals surface area contributed by atoms with Crippen LogP contribution in [-0.2, 0) is 11.3 Å². The molecule has 0 bridgehead atoms. The van der Waals surface area contributed by atoms with Crippen LogP contribution in [0, 0.1) is 6.92 Å². The van der Waals surface area contributed by atoms with Crippen LogP contribution in [0.5, 0.6) is 11.5 Å². The maximum atomic E-state index is 13.3. The van der Waals surface area contributed by atoms with Gasteiger partial charge >= 0.3 is 6.03 Å². The summed E-state index contributed by atoms with van der Waals surface area (Å²) in [7, 11) is 3.11. The minimum atomic E-state index is -0.394. The number of carbonyl (C=O) groups is 2. The third-order valence-electron chi connectivity index (χ3n) is 5.50. The Labute approximate surface area is 185 Å². The maximum absolute atomic E-state index is 13.3. The lowest BCUT2D eigenvalue weighted by atomic mass is 10.1. The van der Waals surface area contributed by atoms with E-state index in [-0.39, 0.29) is 18.9 Å². The fraction of sp³-hybridized carbons (Fsp3) is 0.261. The summed E-state index contributed by atoms with van der Waals surface area (Å²) in [6.07, 6.45) is 1.87. The number of imide groups is 1. The van der Waals surface area contributed by atoms with E-state index in [9.17, 15) is 9.59 Å². The summed E-state index contributed by atoms with van der Waals surface area (Å²) in [4.78, 5) is 33.2. The average Bonchev–Trinajstić information content (AvgIpc) is 2.79. The molecule has 1 saturated heterocycles. The molecule has 0 unspecified atom stereocenters. The number of halogens is 1. The smallest absolute Gasteiger partial charge is 0.331 e. The van der Waals surface area contributed by atoms with Crippen molar-refractivity contribution in [2.45, 2.75) is 19.9 Å². The number of benzene rings is 2. The van der Waals surface area contributed by atoms with E-state index in [4.69, 9.17) is 21.1 Å². The fourth-order valence-electron chi connectivity index (χ4n) is 3.69. The second-order valence-corrected chi connectivity index (χ2v) is 7.68. The Balaban J connectivity index is 1.65. The predicted octanol–water partition coefficient (Wildman–Crippen LogP) is 4.57. The molecule has 7 nitrogen and oxygen atoms in total. The van der Waals surface area contributed by atoms with Gasteiger partial charge in [0.25, 0.3) is 0 Å². The van der Waals surface area contributed by atoms with E-state index in [1.807, 2.05) is 19.1 Å². The molecule has 2 aromatic carbocycles. The van der Waals surface area contributed by atoms with Gasteiger partial charge in [0.1, 0.15) is 11.5 Å². The molecule has 1 aliphatic rings. The number of aromatic nitrogens is 1. The summed E-state index contributed by atoms with van der Waals surface area (Å²) in [5, 5.41) is 1.51. The summed E-state index contributed by atoms with van der Waals surface area (Å²) in [6.45, 7) is 2.31. The normalized spacial score (nSPS) is 14.3. The van der Waals surface area contributed by atoms with E-state index in [1.54, 1.807) is 49.6 Å². The molecule has 1 aliphatic heterocycles. The second kappa shape index (κ2) is 8.43. The van der Waals surface area contributed by atoms with Crippen LogP contribution in [0.1, 0.15) is 17.5 Å².